The summed E-state index contributed by atoms with van der Waals surface area (Å²) in [4.78, 5) is 11.9. The van der Waals surface area contributed by atoms with E-state index in [1.54, 1.807) is 0 Å². The third-order valence-electron chi connectivity index (χ3n) is 3.11. The second kappa shape index (κ2) is 6.30. The zero-order valence-corrected chi connectivity index (χ0v) is 11.4. The van der Waals surface area contributed by atoms with E-state index < -0.39 is 0 Å². The van der Waals surface area contributed by atoms with E-state index in [9.17, 15) is 4.79 Å². The SMILES string of the molecule is Cc1ccc(CNCC(=O)c2ccc(C)cc2)cc1. The summed E-state index contributed by atoms with van der Waals surface area (Å²) in [7, 11) is 0. The fourth-order valence-electron chi connectivity index (χ4n) is 1.87. The molecule has 98 valence electrons. The number of hydrogen-bond donors (Lipinski definition) is 1. The minimum Gasteiger partial charge on any atom is -0.306 e. The van der Waals surface area contributed by atoms with Gasteiger partial charge in [-0.05, 0) is 19.4 Å². The quantitative estimate of drug-likeness (QED) is 0.829. The Morgan fingerprint density at radius 2 is 1.42 bits per heavy atom. The first-order chi connectivity index (χ1) is 9.15. The number of benzene rings is 2. The highest BCUT2D eigenvalue weighted by Gasteiger charge is 2.04. The van der Waals surface area contributed by atoms with Crippen LogP contribution in [0, 0.1) is 13.8 Å². The molecule has 0 saturated heterocycles. The summed E-state index contributed by atoms with van der Waals surface area (Å²) in [5.41, 5.74) is 4.38. The van der Waals surface area contributed by atoms with Crippen LogP contribution in [-0.4, -0.2) is 12.3 Å². The van der Waals surface area contributed by atoms with Crippen LogP contribution in [-0.2, 0) is 6.54 Å². The molecular weight excluding hydrogens is 234 g/mol. The molecule has 0 unspecified atom stereocenters. The monoisotopic (exact) mass is 253 g/mol. The van der Waals surface area contributed by atoms with Gasteiger partial charge in [-0.2, -0.15) is 0 Å². The van der Waals surface area contributed by atoms with Crippen LogP contribution in [0.3, 0.4) is 0 Å². The van der Waals surface area contributed by atoms with E-state index in [0.29, 0.717) is 6.54 Å². The molecule has 0 radical (unpaired) electrons. The Morgan fingerprint density at radius 1 is 0.895 bits per heavy atom. The van der Waals surface area contributed by atoms with E-state index in [2.05, 4.69) is 36.5 Å². The normalized spacial score (nSPS) is 10.4. The van der Waals surface area contributed by atoms with Gasteiger partial charge in [-0.25, -0.2) is 0 Å². The smallest absolute Gasteiger partial charge is 0.176 e. The number of Topliss-reactive ketones (excluding diaryl/α,β-unsaturated/α-hetero) is 1. The Bertz CT molecular complexity index is 540. The summed E-state index contributed by atoms with van der Waals surface area (Å²) in [6, 6.07) is 16.0. The van der Waals surface area contributed by atoms with Crippen LogP contribution in [0.2, 0.25) is 0 Å². The van der Waals surface area contributed by atoms with Crippen molar-refractivity contribution in [3.05, 3.63) is 70.8 Å². The molecule has 0 atom stereocenters. The third kappa shape index (κ3) is 4.04. The Morgan fingerprint density at radius 3 is 2.00 bits per heavy atom. The standard InChI is InChI=1S/C17H19NO/c1-13-3-7-15(8-4-13)11-18-12-17(19)16-9-5-14(2)6-10-16/h3-10,18H,11-12H2,1-2H3. The minimum atomic E-state index is 0.132. The van der Waals surface area contributed by atoms with Gasteiger partial charge in [0.25, 0.3) is 0 Å². The highest BCUT2D eigenvalue weighted by Crippen LogP contribution is 2.05. The summed E-state index contributed by atoms with van der Waals surface area (Å²) < 4.78 is 0. The van der Waals surface area contributed by atoms with Crippen molar-refractivity contribution in [3.63, 3.8) is 0 Å². The maximum atomic E-state index is 11.9. The van der Waals surface area contributed by atoms with Gasteiger partial charge in [0.1, 0.15) is 0 Å². The van der Waals surface area contributed by atoms with Crippen molar-refractivity contribution in [1.82, 2.24) is 5.32 Å². The summed E-state index contributed by atoms with van der Waals surface area (Å²) >= 11 is 0. The van der Waals surface area contributed by atoms with Gasteiger partial charge >= 0.3 is 0 Å². The van der Waals surface area contributed by atoms with Crippen molar-refractivity contribution in [1.29, 1.82) is 0 Å². The number of carbonyl (C=O) groups excluding carboxylic acids is 1. The number of ketones is 1. The molecule has 0 aliphatic heterocycles. The minimum absolute atomic E-state index is 0.132. The predicted molar refractivity (Wildman–Crippen MR) is 78.4 cm³/mol. The number of rotatable bonds is 5. The Labute approximate surface area is 114 Å². The van der Waals surface area contributed by atoms with Gasteiger partial charge in [0.15, 0.2) is 5.78 Å². The number of aryl methyl sites for hydroxylation is 2. The molecular formula is C17H19NO. The van der Waals surface area contributed by atoms with Crippen molar-refractivity contribution in [2.24, 2.45) is 0 Å². The molecule has 2 nitrogen and oxygen atoms in total. The molecule has 0 fully saturated rings. The van der Waals surface area contributed by atoms with E-state index in [1.807, 2.05) is 31.2 Å². The van der Waals surface area contributed by atoms with Crippen LogP contribution in [0.5, 0.6) is 0 Å². The van der Waals surface area contributed by atoms with E-state index in [0.717, 1.165) is 12.1 Å². The summed E-state index contributed by atoms with van der Waals surface area (Å²) in [5, 5.41) is 3.18. The maximum absolute atomic E-state index is 11.9. The number of carbonyl (C=O) groups is 1. The van der Waals surface area contributed by atoms with Gasteiger partial charge in [0.2, 0.25) is 0 Å². The molecule has 0 spiro atoms. The summed E-state index contributed by atoms with van der Waals surface area (Å²) in [6.07, 6.45) is 0. The molecule has 2 aromatic rings. The van der Waals surface area contributed by atoms with Crippen molar-refractivity contribution >= 4 is 5.78 Å². The van der Waals surface area contributed by atoms with Crippen molar-refractivity contribution in [2.75, 3.05) is 6.54 Å². The van der Waals surface area contributed by atoms with E-state index in [4.69, 9.17) is 0 Å². The lowest BCUT2D eigenvalue weighted by molar-refractivity contribution is 0.0991. The molecule has 2 rings (SSSR count). The molecule has 2 aromatic carbocycles. The van der Waals surface area contributed by atoms with Gasteiger partial charge in [-0.1, -0.05) is 59.7 Å². The molecule has 0 amide bonds. The predicted octanol–water partition coefficient (Wildman–Crippen LogP) is 3.28. The van der Waals surface area contributed by atoms with Crippen molar-refractivity contribution in [3.8, 4) is 0 Å². The third-order valence-corrected chi connectivity index (χ3v) is 3.11. The van der Waals surface area contributed by atoms with Crippen LogP contribution in [0.15, 0.2) is 48.5 Å². The molecule has 19 heavy (non-hydrogen) atoms. The fraction of sp³-hybridized carbons (Fsp3) is 0.235. The maximum Gasteiger partial charge on any atom is 0.176 e. The van der Waals surface area contributed by atoms with Gasteiger partial charge < -0.3 is 5.32 Å². The second-order valence-corrected chi connectivity index (χ2v) is 4.88. The van der Waals surface area contributed by atoms with Crippen LogP contribution in [0.4, 0.5) is 0 Å². The Kier molecular flexibility index (Phi) is 4.48. The van der Waals surface area contributed by atoms with Crippen molar-refractivity contribution in [2.45, 2.75) is 20.4 Å². The van der Waals surface area contributed by atoms with Crippen LogP contribution in [0.1, 0.15) is 27.0 Å². The first-order valence-corrected chi connectivity index (χ1v) is 6.51. The molecule has 0 heterocycles. The van der Waals surface area contributed by atoms with E-state index >= 15 is 0 Å². The lowest BCUT2D eigenvalue weighted by Crippen LogP contribution is -2.22. The molecule has 0 saturated carbocycles. The topological polar surface area (TPSA) is 29.1 Å². The molecule has 1 N–H and O–H groups in total. The molecule has 2 heteroatoms. The molecule has 0 aliphatic rings. The van der Waals surface area contributed by atoms with Gasteiger partial charge in [-0.15, -0.1) is 0 Å². The van der Waals surface area contributed by atoms with E-state index in [1.165, 1.54) is 16.7 Å². The zero-order valence-electron chi connectivity index (χ0n) is 11.4. The fourth-order valence-corrected chi connectivity index (χ4v) is 1.87. The zero-order chi connectivity index (χ0) is 13.7. The van der Waals surface area contributed by atoms with Crippen molar-refractivity contribution < 1.29 is 4.79 Å². The molecule has 0 bridgehead atoms. The lowest BCUT2D eigenvalue weighted by atomic mass is 10.1. The highest BCUT2D eigenvalue weighted by molar-refractivity contribution is 5.97. The first kappa shape index (κ1) is 13.5. The molecule has 0 aromatic heterocycles. The summed E-state index contributed by atoms with van der Waals surface area (Å²) in [5.74, 6) is 0.132. The second-order valence-electron chi connectivity index (χ2n) is 4.88. The number of nitrogens with one attached hydrogen (secondary N) is 1. The number of hydrogen-bond acceptors (Lipinski definition) is 2. The van der Waals surface area contributed by atoms with Crippen LogP contribution >= 0.6 is 0 Å². The average Bonchev–Trinajstić information content (AvgIpc) is 2.41. The highest BCUT2D eigenvalue weighted by atomic mass is 16.1. The van der Waals surface area contributed by atoms with Gasteiger partial charge in [0, 0.05) is 12.1 Å². The summed E-state index contributed by atoms with van der Waals surface area (Å²) in [6.45, 7) is 5.18. The first-order valence-electron chi connectivity index (χ1n) is 6.51. The lowest BCUT2D eigenvalue weighted by Gasteiger charge is -2.05. The van der Waals surface area contributed by atoms with Gasteiger partial charge in [0.05, 0.1) is 6.54 Å². The Balaban J connectivity index is 1.84. The van der Waals surface area contributed by atoms with Crippen LogP contribution in [0.25, 0.3) is 0 Å². The average molecular weight is 253 g/mol. The van der Waals surface area contributed by atoms with Crippen LogP contribution < -0.4 is 5.32 Å². The van der Waals surface area contributed by atoms with Gasteiger partial charge in [-0.3, -0.25) is 4.79 Å². The molecule has 0 aliphatic carbocycles. The Hall–Kier alpha value is -1.93. The largest absolute Gasteiger partial charge is 0.306 e. The van der Waals surface area contributed by atoms with E-state index in [-0.39, 0.29) is 5.78 Å².